The Morgan fingerprint density at radius 2 is 1.74 bits per heavy atom. The van der Waals surface area contributed by atoms with Crippen molar-refractivity contribution < 1.29 is 9.59 Å². The molecule has 0 aliphatic carbocycles. The molecule has 1 aromatic rings. The van der Waals surface area contributed by atoms with Crippen LogP contribution in [0.1, 0.15) is 94.5 Å². The summed E-state index contributed by atoms with van der Waals surface area (Å²) in [5, 5.41) is 0. The largest absolute Gasteiger partial charge is 0.343 e. The zero-order valence-corrected chi connectivity index (χ0v) is 17.7. The third kappa shape index (κ3) is 6.79. The Balaban J connectivity index is 1.79. The van der Waals surface area contributed by atoms with Gasteiger partial charge in [-0.1, -0.05) is 65.2 Å². The summed E-state index contributed by atoms with van der Waals surface area (Å²) in [6.07, 6.45) is 7.37. The van der Waals surface area contributed by atoms with Crippen LogP contribution in [0.4, 0.5) is 0 Å². The van der Waals surface area contributed by atoms with Crippen LogP contribution in [0.15, 0.2) is 24.3 Å². The molecule has 0 saturated carbocycles. The van der Waals surface area contributed by atoms with Crippen molar-refractivity contribution in [3.05, 3.63) is 35.4 Å². The lowest BCUT2D eigenvalue weighted by molar-refractivity contribution is -0.132. The monoisotopic (exact) mass is 371 g/mol. The maximum Gasteiger partial charge on any atom is 0.222 e. The van der Waals surface area contributed by atoms with Gasteiger partial charge in [0.25, 0.3) is 0 Å². The van der Waals surface area contributed by atoms with Gasteiger partial charge in [-0.2, -0.15) is 0 Å². The van der Waals surface area contributed by atoms with Gasteiger partial charge in [-0.25, -0.2) is 0 Å². The Morgan fingerprint density at radius 1 is 1.04 bits per heavy atom. The van der Waals surface area contributed by atoms with Gasteiger partial charge in [0.05, 0.1) is 0 Å². The van der Waals surface area contributed by atoms with E-state index in [0.29, 0.717) is 18.2 Å². The Bertz CT molecular complexity index is 613. The predicted molar refractivity (Wildman–Crippen MR) is 112 cm³/mol. The lowest BCUT2D eigenvalue weighted by Crippen LogP contribution is -2.37. The Labute approximate surface area is 165 Å². The smallest absolute Gasteiger partial charge is 0.222 e. The highest BCUT2D eigenvalue weighted by Gasteiger charge is 2.24. The second-order valence-electron chi connectivity index (χ2n) is 8.79. The molecule has 0 spiro atoms. The van der Waals surface area contributed by atoms with Gasteiger partial charge in [0, 0.05) is 31.0 Å². The van der Waals surface area contributed by atoms with E-state index in [1.807, 2.05) is 30.9 Å². The lowest BCUT2D eigenvalue weighted by Gasteiger charge is -2.32. The molecule has 1 aliphatic rings. The number of unbranched alkanes of at least 4 members (excludes halogenated alkanes) is 2. The third-order valence-corrected chi connectivity index (χ3v) is 5.69. The average molecular weight is 372 g/mol. The number of rotatable bonds is 9. The van der Waals surface area contributed by atoms with Crippen LogP contribution >= 0.6 is 0 Å². The number of piperidine rings is 1. The molecule has 1 saturated heterocycles. The summed E-state index contributed by atoms with van der Waals surface area (Å²) in [6.45, 7) is 10.1. The minimum atomic E-state index is 0.0280. The van der Waals surface area contributed by atoms with Crippen molar-refractivity contribution in [2.45, 2.75) is 78.6 Å². The molecule has 1 aromatic carbocycles. The second-order valence-corrected chi connectivity index (χ2v) is 8.79. The molecule has 0 bridgehead atoms. The van der Waals surface area contributed by atoms with Crippen LogP contribution in [-0.4, -0.2) is 29.7 Å². The van der Waals surface area contributed by atoms with Gasteiger partial charge < -0.3 is 4.90 Å². The quantitative estimate of drug-likeness (QED) is 0.404. The highest BCUT2D eigenvalue weighted by Crippen LogP contribution is 2.29. The molecule has 0 N–H and O–H groups in total. The molecular weight excluding hydrogens is 334 g/mol. The normalized spacial score (nSPS) is 15.6. The van der Waals surface area contributed by atoms with E-state index in [2.05, 4.69) is 26.0 Å². The molecule has 1 amide bonds. The first-order chi connectivity index (χ1) is 12.9. The van der Waals surface area contributed by atoms with Crippen molar-refractivity contribution in [2.75, 3.05) is 13.1 Å². The number of carbonyl (C=O) groups excluding carboxylic acids is 2. The van der Waals surface area contributed by atoms with E-state index < -0.39 is 0 Å². The van der Waals surface area contributed by atoms with Crippen LogP contribution in [0.2, 0.25) is 0 Å². The molecule has 150 valence electrons. The maximum absolute atomic E-state index is 12.4. The first kappa shape index (κ1) is 21.7. The van der Waals surface area contributed by atoms with Gasteiger partial charge in [-0.15, -0.1) is 0 Å². The number of benzene rings is 1. The summed E-state index contributed by atoms with van der Waals surface area (Å²) in [5.74, 6) is 1.78. The minimum absolute atomic E-state index is 0.0280. The van der Waals surface area contributed by atoms with Crippen molar-refractivity contribution in [1.29, 1.82) is 0 Å². The molecular formula is C24H37NO2. The summed E-state index contributed by atoms with van der Waals surface area (Å²) in [7, 11) is 0. The number of carbonyl (C=O) groups is 2. The van der Waals surface area contributed by atoms with Crippen LogP contribution in [0.25, 0.3) is 0 Å². The Morgan fingerprint density at radius 3 is 2.37 bits per heavy atom. The number of hydrogen-bond acceptors (Lipinski definition) is 2. The number of hydrogen-bond donors (Lipinski definition) is 0. The van der Waals surface area contributed by atoms with Crippen LogP contribution in [0.5, 0.6) is 0 Å². The summed E-state index contributed by atoms with van der Waals surface area (Å²) in [5.41, 5.74) is 2.07. The van der Waals surface area contributed by atoms with Gasteiger partial charge in [-0.05, 0) is 42.7 Å². The van der Waals surface area contributed by atoms with Crippen LogP contribution < -0.4 is 0 Å². The van der Waals surface area contributed by atoms with Crippen molar-refractivity contribution >= 4 is 11.7 Å². The predicted octanol–water partition coefficient (Wildman–Crippen LogP) is 5.84. The molecule has 1 aliphatic heterocycles. The summed E-state index contributed by atoms with van der Waals surface area (Å²) in [6, 6.07) is 8.12. The number of ketones is 1. The number of nitrogens with zero attached hydrogens (tertiary/aromatic N) is 1. The molecule has 0 radical (unpaired) electrons. The van der Waals surface area contributed by atoms with Crippen LogP contribution in [-0.2, 0) is 4.79 Å². The van der Waals surface area contributed by atoms with E-state index in [-0.39, 0.29) is 11.7 Å². The van der Waals surface area contributed by atoms with Gasteiger partial charge >= 0.3 is 0 Å². The number of likely N-dealkylation sites (tertiary alicyclic amines) is 1. The van der Waals surface area contributed by atoms with Crippen molar-refractivity contribution in [3.63, 3.8) is 0 Å². The van der Waals surface area contributed by atoms with E-state index in [4.69, 9.17) is 0 Å². The molecule has 0 atom stereocenters. The highest BCUT2D eigenvalue weighted by atomic mass is 16.2. The standard InChI is InChI=1S/C24H37NO2/c1-18(2)9-6-5-7-12-23(26)25-15-13-20(14-16-25)21-10-8-11-22(17-21)24(27)19(3)4/h8,10-11,17-20H,5-7,9,12-16H2,1-4H3. The van der Waals surface area contributed by atoms with E-state index in [0.717, 1.165) is 50.3 Å². The molecule has 0 unspecified atom stereocenters. The van der Waals surface area contributed by atoms with E-state index in [1.165, 1.54) is 18.4 Å². The SMILES string of the molecule is CC(C)CCCCCC(=O)N1CCC(c2cccc(C(=O)C(C)C)c2)CC1. The summed E-state index contributed by atoms with van der Waals surface area (Å²) < 4.78 is 0. The highest BCUT2D eigenvalue weighted by molar-refractivity contribution is 5.97. The summed E-state index contributed by atoms with van der Waals surface area (Å²) >= 11 is 0. The van der Waals surface area contributed by atoms with Crippen LogP contribution in [0, 0.1) is 11.8 Å². The lowest BCUT2D eigenvalue weighted by atomic mass is 9.87. The van der Waals surface area contributed by atoms with Crippen molar-refractivity contribution in [3.8, 4) is 0 Å². The van der Waals surface area contributed by atoms with Gasteiger partial charge in [0.2, 0.25) is 5.91 Å². The second kappa shape index (κ2) is 10.6. The maximum atomic E-state index is 12.4. The Kier molecular flexibility index (Phi) is 8.53. The van der Waals surface area contributed by atoms with Gasteiger partial charge in [-0.3, -0.25) is 9.59 Å². The first-order valence-corrected chi connectivity index (χ1v) is 10.8. The zero-order valence-electron chi connectivity index (χ0n) is 17.7. The topological polar surface area (TPSA) is 37.4 Å². The molecule has 0 aromatic heterocycles. The molecule has 27 heavy (non-hydrogen) atoms. The van der Waals surface area contributed by atoms with Crippen LogP contribution in [0.3, 0.4) is 0 Å². The van der Waals surface area contributed by atoms with Crippen molar-refractivity contribution in [1.82, 2.24) is 4.90 Å². The molecule has 1 heterocycles. The third-order valence-electron chi connectivity index (χ3n) is 5.69. The minimum Gasteiger partial charge on any atom is -0.343 e. The Hall–Kier alpha value is -1.64. The van der Waals surface area contributed by atoms with Gasteiger partial charge in [0.15, 0.2) is 5.78 Å². The van der Waals surface area contributed by atoms with E-state index in [9.17, 15) is 9.59 Å². The molecule has 2 rings (SSSR count). The number of Topliss-reactive ketones (excluding diaryl/α,β-unsaturated/α-hetero) is 1. The fourth-order valence-corrected chi connectivity index (χ4v) is 3.91. The summed E-state index contributed by atoms with van der Waals surface area (Å²) in [4.78, 5) is 26.7. The average Bonchev–Trinajstić information content (AvgIpc) is 2.67. The molecule has 3 heteroatoms. The zero-order chi connectivity index (χ0) is 19.8. The molecule has 1 fully saturated rings. The number of amides is 1. The molecule has 3 nitrogen and oxygen atoms in total. The first-order valence-electron chi connectivity index (χ1n) is 10.8. The van der Waals surface area contributed by atoms with E-state index >= 15 is 0 Å². The van der Waals surface area contributed by atoms with Crippen molar-refractivity contribution in [2.24, 2.45) is 11.8 Å². The fourth-order valence-electron chi connectivity index (χ4n) is 3.91. The van der Waals surface area contributed by atoms with E-state index in [1.54, 1.807) is 0 Å². The fraction of sp³-hybridized carbons (Fsp3) is 0.667. The van der Waals surface area contributed by atoms with Gasteiger partial charge in [0.1, 0.15) is 0 Å².